The summed E-state index contributed by atoms with van der Waals surface area (Å²) in [5.74, 6) is 0.0292. The normalized spacial score (nSPS) is 30.3. The summed E-state index contributed by atoms with van der Waals surface area (Å²) < 4.78 is 4.80. The van der Waals surface area contributed by atoms with E-state index in [-0.39, 0.29) is 17.4 Å². The number of rotatable bonds is 4. The van der Waals surface area contributed by atoms with Crippen molar-refractivity contribution < 1.29 is 9.53 Å². The molecule has 102 valence electrons. The van der Waals surface area contributed by atoms with E-state index in [2.05, 4.69) is 5.32 Å². The van der Waals surface area contributed by atoms with Gasteiger partial charge in [-0.05, 0) is 51.9 Å². The number of carbonyl (C=O) groups is 1. The van der Waals surface area contributed by atoms with E-state index < -0.39 is 0 Å². The molecule has 2 N–H and O–H groups in total. The third-order valence-corrected chi connectivity index (χ3v) is 4.67. The van der Waals surface area contributed by atoms with Crippen LogP contribution < -0.4 is 5.32 Å². The standard InChI is InChI=1S/C14H24N2O2/c1-10(15)14(8-3-9-14)16-12-6-4-11(5-7-12)13(17)18-2/h11-12,15-16H,3-9H2,1-2H3. The van der Waals surface area contributed by atoms with E-state index in [1.54, 1.807) is 0 Å². The third-order valence-electron chi connectivity index (χ3n) is 4.67. The van der Waals surface area contributed by atoms with Crippen LogP contribution in [0.15, 0.2) is 0 Å². The molecule has 4 heteroatoms. The predicted octanol–water partition coefficient (Wildman–Crippen LogP) is 2.27. The summed E-state index contributed by atoms with van der Waals surface area (Å²) in [7, 11) is 1.47. The molecule has 0 heterocycles. The van der Waals surface area contributed by atoms with Crippen LogP contribution in [0.3, 0.4) is 0 Å². The molecule has 0 saturated heterocycles. The minimum absolute atomic E-state index is 0.0250. The molecule has 0 radical (unpaired) electrons. The van der Waals surface area contributed by atoms with Gasteiger partial charge in [-0.1, -0.05) is 0 Å². The lowest BCUT2D eigenvalue weighted by Crippen LogP contribution is -2.59. The van der Waals surface area contributed by atoms with Crippen LogP contribution in [0, 0.1) is 11.3 Å². The zero-order chi connectivity index (χ0) is 13.2. The lowest BCUT2D eigenvalue weighted by molar-refractivity contribution is -0.146. The topological polar surface area (TPSA) is 62.2 Å². The van der Waals surface area contributed by atoms with E-state index >= 15 is 0 Å². The smallest absolute Gasteiger partial charge is 0.308 e. The van der Waals surface area contributed by atoms with Crippen molar-refractivity contribution in [1.82, 2.24) is 5.32 Å². The van der Waals surface area contributed by atoms with Gasteiger partial charge in [0.25, 0.3) is 0 Å². The number of ether oxygens (including phenoxy) is 1. The fourth-order valence-corrected chi connectivity index (χ4v) is 3.19. The molecule has 0 aliphatic heterocycles. The van der Waals surface area contributed by atoms with E-state index in [1.165, 1.54) is 13.5 Å². The van der Waals surface area contributed by atoms with Gasteiger partial charge in [0.05, 0.1) is 18.6 Å². The van der Waals surface area contributed by atoms with Crippen LogP contribution >= 0.6 is 0 Å². The minimum atomic E-state index is -0.0601. The fraction of sp³-hybridized carbons (Fsp3) is 0.857. The van der Waals surface area contributed by atoms with Gasteiger partial charge in [-0.25, -0.2) is 0 Å². The van der Waals surface area contributed by atoms with Crippen LogP contribution in [0.4, 0.5) is 0 Å². The first-order valence-corrected chi connectivity index (χ1v) is 6.98. The summed E-state index contributed by atoms with van der Waals surface area (Å²) >= 11 is 0. The molecule has 0 amide bonds. The fourth-order valence-electron chi connectivity index (χ4n) is 3.19. The Bertz CT molecular complexity index is 329. The Kier molecular flexibility index (Phi) is 4.05. The van der Waals surface area contributed by atoms with Crippen LogP contribution in [-0.2, 0) is 9.53 Å². The van der Waals surface area contributed by atoms with Gasteiger partial charge in [0.15, 0.2) is 0 Å². The highest BCUT2D eigenvalue weighted by molar-refractivity contribution is 5.89. The van der Waals surface area contributed by atoms with Crippen molar-refractivity contribution in [1.29, 1.82) is 5.41 Å². The van der Waals surface area contributed by atoms with E-state index in [4.69, 9.17) is 10.1 Å². The maximum Gasteiger partial charge on any atom is 0.308 e. The first-order chi connectivity index (χ1) is 8.57. The second-order valence-electron chi connectivity index (χ2n) is 5.78. The van der Waals surface area contributed by atoms with Crippen LogP contribution in [0.25, 0.3) is 0 Å². The average molecular weight is 252 g/mol. The Morgan fingerprint density at radius 3 is 2.28 bits per heavy atom. The van der Waals surface area contributed by atoms with Crippen LogP contribution in [0.2, 0.25) is 0 Å². The molecule has 0 bridgehead atoms. The van der Waals surface area contributed by atoms with Gasteiger partial charge < -0.3 is 15.5 Å². The van der Waals surface area contributed by atoms with E-state index in [9.17, 15) is 4.79 Å². The monoisotopic (exact) mass is 252 g/mol. The molecule has 0 aromatic rings. The number of methoxy groups -OCH3 is 1. The molecule has 0 aromatic heterocycles. The summed E-state index contributed by atoms with van der Waals surface area (Å²) in [4.78, 5) is 11.5. The van der Waals surface area contributed by atoms with Gasteiger partial charge in [-0.2, -0.15) is 0 Å². The van der Waals surface area contributed by atoms with Crippen molar-refractivity contribution >= 4 is 11.7 Å². The average Bonchev–Trinajstić information content (AvgIpc) is 2.33. The van der Waals surface area contributed by atoms with E-state index in [1.807, 2.05) is 6.92 Å². The highest BCUT2D eigenvalue weighted by Crippen LogP contribution is 2.35. The molecule has 0 unspecified atom stereocenters. The van der Waals surface area contributed by atoms with Crippen molar-refractivity contribution in [2.24, 2.45) is 5.92 Å². The zero-order valence-corrected chi connectivity index (χ0v) is 11.4. The Balaban J connectivity index is 1.83. The summed E-state index contributed by atoms with van der Waals surface area (Å²) in [5.41, 5.74) is 0.742. The van der Waals surface area contributed by atoms with E-state index in [0.717, 1.165) is 44.2 Å². The maximum absolute atomic E-state index is 11.5. The van der Waals surface area contributed by atoms with Gasteiger partial charge in [-0.3, -0.25) is 4.79 Å². The van der Waals surface area contributed by atoms with Gasteiger partial charge in [0.2, 0.25) is 0 Å². The molecule has 18 heavy (non-hydrogen) atoms. The Morgan fingerprint density at radius 2 is 1.89 bits per heavy atom. The molecule has 0 atom stereocenters. The molecule has 2 aliphatic rings. The molecule has 2 fully saturated rings. The van der Waals surface area contributed by atoms with Crippen molar-refractivity contribution in [3.8, 4) is 0 Å². The predicted molar refractivity (Wildman–Crippen MR) is 70.9 cm³/mol. The Hall–Kier alpha value is -0.900. The molecule has 2 saturated carbocycles. The third kappa shape index (κ3) is 2.58. The lowest BCUT2D eigenvalue weighted by Gasteiger charge is -2.46. The number of carbonyl (C=O) groups excluding carboxylic acids is 1. The van der Waals surface area contributed by atoms with Crippen molar-refractivity contribution in [2.75, 3.05) is 7.11 Å². The highest BCUT2D eigenvalue weighted by Gasteiger charge is 2.41. The van der Waals surface area contributed by atoms with Crippen LogP contribution in [0.1, 0.15) is 51.9 Å². The van der Waals surface area contributed by atoms with Crippen molar-refractivity contribution in [3.05, 3.63) is 0 Å². The quantitative estimate of drug-likeness (QED) is 0.596. The Labute approximate surface area is 109 Å². The minimum Gasteiger partial charge on any atom is -0.469 e. The van der Waals surface area contributed by atoms with Gasteiger partial charge >= 0.3 is 5.97 Å². The summed E-state index contributed by atoms with van der Waals surface area (Å²) in [6.07, 6.45) is 7.29. The lowest BCUT2D eigenvalue weighted by atomic mass is 9.72. The molecular formula is C14H24N2O2. The maximum atomic E-state index is 11.5. The molecule has 4 nitrogen and oxygen atoms in total. The number of hydrogen-bond donors (Lipinski definition) is 2. The van der Waals surface area contributed by atoms with Gasteiger partial charge in [0.1, 0.15) is 0 Å². The second-order valence-corrected chi connectivity index (χ2v) is 5.78. The van der Waals surface area contributed by atoms with E-state index in [0.29, 0.717) is 6.04 Å². The summed E-state index contributed by atoms with van der Waals surface area (Å²) in [5, 5.41) is 11.6. The molecule has 2 aliphatic carbocycles. The first-order valence-electron chi connectivity index (χ1n) is 6.98. The van der Waals surface area contributed by atoms with Crippen LogP contribution in [0.5, 0.6) is 0 Å². The molecular weight excluding hydrogens is 228 g/mol. The summed E-state index contributed by atoms with van der Waals surface area (Å²) in [6.45, 7) is 1.91. The largest absolute Gasteiger partial charge is 0.469 e. The summed E-state index contributed by atoms with van der Waals surface area (Å²) in [6, 6.07) is 0.464. The van der Waals surface area contributed by atoms with Gasteiger partial charge in [0, 0.05) is 11.8 Å². The van der Waals surface area contributed by atoms with Gasteiger partial charge in [-0.15, -0.1) is 0 Å². The second kappa shape index (κ2) is 5.39. The van der Waals surface area contributed by atoms with Crippen molar-refractivity contribution in [2.45, 2.75) is 63.5 Å². The number of esters is 1. The van der Waals surface area contributed by atoms with Crippen LogP contribution in [-0.4, -0.2) is 30.4 Å². The Morgan fingerprint density at radius 1 is 1.28 bits per heavy atom. The highest BCUT2D eigenvalue weighted by atomic mass is 16.5. The first kappa shape index (κ1) is 13.5. The van der Waals surface area contributed by atoms with Crippen molar-refractivity contribution in [3.63, 3.8) is 0 Å². The number of nitrogens with one attached hydrogen (secondary N) is 2. The zero-order valence-electron chi connectivity index (χ0n) is 11.4. The molecule has 0 spiro atoms. The SMILES string of the molecule is COC(=O)C1CCC(NC2(C(C)=N)CCC2)CC1. The molecule has 2 rings (SSSR count). The molecule has 0 aromatic carbocycles. The number of hydrogen-bond acceptors (Lipinski definition) is 4.